The average molecular weight is 345 g/mol. The van der Waals surface area contributed by atoms with Crippen molar-refractivity contribution in [3.05, 3.63) is 93.0 Å². The van der Waals surface area contributed by atoms with Gasteiger partial charge in [0.25, 0.3) is 0 Å². The summed E-state index contributed by atoms with van der Waals surface area (Å²) in [6.07, 6.45) is 0.822. The Morgan fingerprint density at radius 3 is 2.31 bits per heavy atom. The van der Waals surface area contributed by atoms with E-state index in [1.807, 2.05) is 37.3 Å². The molecule has 0 radical (unpaired) electrons. The summed E-state index contributed by atoms with van der Waals surface area (Å²) in [7, 11) is 0. The van der Waals surface area contributed by atoms with Crippen molar-refractivity contribution >= 4 is 28.2 Å². The van der Waals surface area contributed by atoms with Gasteiger partial charge in [0.05, 0.1) is 16.1 Å². The molecular weight excluding hydrogens is 330 g/mol. The van der Waals surface area contributed by atoms with Crippen LogP contribution in [0.1, 0.15) is 34.0 Å². The number of hydrogen-bond acceptors (Lipinski definition) is 4. The molecule has 0 saturated heterocycles. The van der Waals surface area contributed by atoms with Crippen molar-refractivity contribution in [1.82, 2.24) is 0 Å². The molecular formula is C21H15NO4. The van der Waals surface area contributed by atoms with E-state index in [0.29, 0.717) is 16.7 Å². The molecule has 3 aromatic rings. The fourth-order valence-electron chi connectivity index (χ4n) is 3.42. The highest BCUT2D eigenvalue weighted by Crippen LogP contribution is 2.38. The van der Waals surface area contributed by atoms with Crippen LogP contribution in [0.5, 0.6) is 0 Å². The van der Waals surface area contributed by atoms with E-state index in [4.69, 9.17) is 4.74 Å². The maximum Gasteiger partial charge on any atom is 0.344 e. The lowest BCUT2D eigenvalue weighted by atomic mass is 9.95. The average Bonchev–Trinajstić information content (AvgIpc) is 2.99. The Bertz CT molecular complexity index is 1100. The Hall–Kier alpha value is -3.47. The highest BCUT2D eigenvalue weighted by Gasteiger charge is 2.35. The number of nitro groups is 1. The largest absolute Gasteiger partial charge is 0.415 e. The minimum absolute atomic E-state index is 0.00463. The van der Waals surface area contributed by atoms with E-state index in [2.05, 4.69) is 0 Å². The topological polar surface area (TPSA) is 69.4 Å². The van der Waals surface area contributed by atoms with Crippen molar-refractivity contribution in [3.63, 3.8) is 0 Å². The Kier molecular flexibility index (Phi) is 3.77. The molecule has 0 aliphatic carbocycles. The first-order valence-electron chi connectivity index (χ1n) is 8.33. The number of esters is 1. The van der Waals surface area contributed by atoms with Crippen LogP contribution >= 0.6 is 0 Å². The number of aryl methyl sites for hydroxylation is 1. The van der Waals surface area contributed by atoms with Crippen molar-refractivity contribution in [2.75, 3.05) is 0 Å². The highest BCUT2D eigenvalue weighted by molar-refractivity contribution is 6.09. The molecule has 128 valence electrons. The van der Waals surface area contributed by atoms with Crippen LogP contribution in [0.3, 0.4) is 0 Å². The van der Waals surface area contributed by atoms with Crippen LogP contribution in [0.4, 0.5) is 0 Å². The van der Waals surface area contributed by atoms with Gasteiger partial charge in [0, 0.05) is 5.56 Å². The third-order valence-corrected chi connectivity index (χ3v) is 4.63. The molecule has 0 saturated carbocycles. The third kappa shape index (κ3) is 2.37. The lowest BCUT2D eigenvalue weighted by molar-refractivity contribution is -0.375. The molecule has 1 heterocycles. The maximum atomic E-state index is 12.1. The minimum Gasteiger partial charge on any atom is -0.415 e. The van der Waals surface area contributed by atoms with Crippen LogP contribution in [0.15, 0.2) is 60.7 Å². The predicted octanol–water partition coefficient (Wildman–Crippen LogP) is 4.68. The fraction of sp³-hybridized carbons (Fsp3) is 0.0952. The maximum absolute atomic E-state index is 12.1. The quantitative estimate of drug-likeness (QED) is 0.393. The molecule has 3 aromatic carbocycles. The van der Waals surface area contributed by atoms with Crippen LogP contribution in [0, 0.1) is 10.1 Å². The van der Waals surface area contributed by atoms with Crippen LogP contribution in [0.2, 0.25) is 0 Å². The predicted molar refractivity (Wildman–Crippen MR) is 99.0 cm³/mol. The van der Waals surface area contributed by atoms with Gasteiger partial charge in [0.15, 0.2) is 0 Å². The summed E-state index contributed by atoms with van der Waals surface area (Å²) in [6.45, 7) is 2.04. The first-order chi connectivity index (χ1) is 12.6. The third-order valence-electron chi connectivity index (χ3n) is 4.63. The van der Waals surface area contributed by atoms with Gasteiger partial charge in [-0.3, -0.25) is 10.1 Å². The summed E-state index contributed by atoms with van der Waals surface area (Å²) in [5, 5.41) is 13.7. The summed E-state index contributed by atoms with van der Waals surface area (Å²) in [4.78, 5) is 23.6. The summed E-state index contributed by atoms with van der Waals surface area (Å²) in [5.41, 5.74) is 2.16. The van der Waals surface area contributed by atoms with Crippen molar-refractivity contribution in [2.24, 2.45) is 0 Å². The van der Waals surface area contributed by atoms with E-state index in [1.165, 1.54) is 0 Å². The molecule has 0 spiro atoms. The zero-order chi connectivity index (χ0) is 18.3. The van der Waals surface area contributed by atoms with E-state index in [-0.39, 0.29) is 11.5 Å². The zero-order valence-corrected chi connectivity index (χ0v) is 14.1. The van der Waals surface area contributed by atoms with E-state index >= 15 is 0 Å². The zero-order valence-electron chi connectivity index (χ0n) is 14.1. The monoisotopic (exact) mass is 345 g/mol. The van der Waals surface area contributed by atoms with Gasteiger partial charge >= 0.3 is 11.7 Å². The van der Waals surface area contributed by atoms with Gasteiger partial charge in [0.1, 0.15) is 0 Å². The van der Waals surface area contributed by atoms with Gasteiger partial charge in [0.2, 0.25) is 5.76 Å². The molecule has 1 aliphatic heterocycles. The van der Waals surface area contributed by atoms with E-state index in [1.54, 1.807) is 30.3 Å². The number of fused-ring (bicyclic) bond motifs is 2. The molecule has 0 fully saturated rings. The second kappa shape index (κ2) is 6.11. The second-order valence-electron chi connectivity index (χ2n) is 6.04. The summed E-state index contributed by atoms with van der Waals surface area (Å²) in [5.74, 6) is -0.561. The molecule has 0 unspecified atom stereocenters. The van der Waals surface area contributed by atoms with Gasteiger partial charge in [-0.25, -0.2) is 4.79 Å². The molecule has 0 N–H and O–H groups in total. The van der Waals surface area contributed by atoms with Crippen LogP contribution in [-0.2, 0) is 11.2 Å². The molecule has 0 atom stereocenters. The molecule has 0 amide bonds. The summed E-state index contributed by atoms with van der Waals surface area (Å²) >= 11 is 0. The van der Waals surface area contributed by atoms with Gasteiger partial charge in [-0.2, -0.15) is 0 Å². The van der Waals surface area contributed by atoms with Gasteiger partial charge in [-0.1, -0.05) is 55.5 Å². The second-order valence-corrected chi connectivity index (χ2v) is 6.04. The Morgan fingerprint density at radius 1 is 0.962 bits per heavy atom. The first-order valence-corrected chi connectivity index (χ1v) is 8.33. The molecule has 1 aliphatic rings. The fourth-order valence-corrected chi connectivity index (χ4v) is 3.42. The number of hydrogen-bond donors (Lipinski definition) is 0. The standard InChI is InChI=1S/C21H15NO4/c1-2-13-11-12-16(15-8-4-3-7-14(13)15)19(22(24)25)20-17-9-5-6-10-18(17)21(23)26-20/h3-12H,2H2,1H3/b20-19-. The summed E-state index contributed by atoms with van der Waals surface area (Å²) < 4.78 is 5.31. The van der Waals surface area contributed by atoms with Gasteiger partial charge < -0.3 is 4.74 Å². The van der Waals surface area contributed by atoms with Gasteiger partial charge in [-0.15, -0.1) is 0 Å². The smallest absolute Gasteiger partial charge is 0.344 e. The van der Waals surface area contributed by atoms with Crippen LogP contribution in [0.25, 0.3) is 22.2 Å². The van der Waals surface area contributed by atoms with E-state index < -0.39 is 10.9 Å². The van der Waals surface area contributed by atoms with Crippen molar-refractivity contribution in [3.8, 4) is 0 Å². The lowest BCUT2D eigenvalue weighted by Crippen LogP contribution is -2.04. The SMILES string of the molecule is CCc1ccc(/C(=C2/OC(=O)c3ccccc32)[N+](=O)[O-])c2ccccc12. The Labute approximate surface area is 149 Å². The Balaban J connectivity index is 2.06. The molecule has 4 rings (SSSR count). The van der Waals surface area contributed by atoms with Gasteiger partial charge in [-0.05, 0) is 34.9 Å². The number of ether oxygens (including phenoxy) is 1. The van der Waals surface area contributed by atoms with E-state index in [9.17, 15) is 14.9 Å². The normalized spacial score (nSPS) is 14.9. The molecule has 5 nitrogen and oxygen atoms in total. The highest BCUT2D eigenvalue weighted by atomic mass is 16.6. The molecule has 5 heteroatoms. The van der Waals surface area contributed by atoms with Crippen LogP contribution in [-0.4, -0.2) is 10.9 Å². The molecule has 0 bridgehead atoms. The van der Waals surface area contributed by atoms with Crippen LogP contribution < -0.4 is 0 Å². The number of cyclic esters (lactones) is 1. The number of carbonyl (C=O) groups excluding carboxylic acids is 1. The number of nitrogens with zero attached hydrogens (tertiary/aromatic N) is 1. The van der Waals surface area contributed by atoms with Crippen molar-refractivity contribution < 1.29 is 14.5 Å². The number of carbonyl (C=O) groups is 1. The first kappa shape index (κ1) is 16.0. The minimum atomic E-state index is -0.565. The molecule has 26 heavy (non-hydrogen) atoms. The van der Waals surface area contributed by atoms with Crippen molar-refractivity contribution in [2.45, 2.75) is 13.3 Å². The van der Waals surface area contributed by atoms with Crippen molar-refractivity contribution in [1.29, 1.82) is 0 Å². The number of rotatable bonds is 3. The Morgan fingerprint density at radius 2 is 1.62 bits per heavy atom. The lowest BCUT2D eigenvalue weighted by Gasteiger charge is -2.10. The summed E-state index contributed by atoms with van der Waals surface area (Å²) in [6, 6.07) is 17.9. The number of benzene rings is 3. The van der Waals surface area contributed by atoms with E-state index in [0.717, 1.165) is 22.8 Å². The molecule has 0 aromatic heterocycles.